The van der Waals surface area contributed by atoms with Crippen LogP contribution in [0.3, 0.4) is 0 Å². The molecule has 88 valence electrons. The van der Waals surface area contributed by atoms with Crippen LogP contribution in [0.5, 0.6) is 0 Å². The van der Waals surface area contributed by atoms with Crippen LogP contribution >= 0.6 is 23.2 Å². The number of aliphatic hydroxyl groups excluding tert-OH is 1. The Morgan fingerprint density at radius 1 is 1.25 bits per heavy atom. The van der Waals surface area contributed by atoms with Crippen LogP contribution in [-0.4, -0.2) is 18.3 Å². The Labute approximate surface area is 106 Å². The molecule has 0 radical (unpaired) electrons. The highest BCUT2D eigenvalue weighted by Gasteiger charge is 2.35. The van der Waals surface area contributed by atoms with Crippen molar-refractivity contribution in [1.82, 2.24) is 0 Å². The number of halogens is 2. The molecular formula is C12H15Cl2NO. The second-order valence-corrected chi connectivity index (χ2v) is 5.31. The molecule has 2 nitrogen and oxygen atoms in total. The quantitative estimate of drug-likeness (QED) is 0.867. The molecule has 0 spiro atoms. The van der Waals surface area contributed by atoms with Crippen molar-refractivity contribution in [3.05, 3.63) is 28.2 Å². The Bertz CT molecular complexity index is 372. The lowest BCUT2D eigenvalue weighted by Crippen LogP contribution is -2.39. The van der Waals surface area contributed by atoms with Gasteiger partial charge in [0.25, 0.3) is 0 Å². The summed E-state index contributed by atoms with van der Waals surface area (Å²) in [7, 11) is 0. The molecule has 1 aromatic rings. The van der Waals surface area contributed by atoms with Crippen LogP contribution in [0.4, 0.5) is 5.69 Å². The normalized spacial score (nSPS) is 17.9. The lowest BCUT2D eigenvalue weighted by Gasteiger charge is -2.40. The van der Waals surface area contributed by atoms with Gasteiger partial charge in [0.15, 0.2) is 0 Å². The van der Waals surface area contributed by atoms with E-state index >= 15 is 0 Å². The van der Waals surface area contributed by atoms with E-state index in [0.29, 0.717) is 10.0 Å². The summed E-state index contributed by atoms with van der Waals surface area (Å²) in [6, 6.07) is 5.49. The van der Waals surface area contributed by atoms with E-state index < -0.39 is 0 Å². The first-order valence-electron chi connectivity index (χ1n) is 5.45. The Morgan fingerprint density at radius 3 is 2.50 bits per heavy atom. The zero-order chi connectivity index (χ0) is 11.6. The smallest absolute Gasteiger partial charge is 0.0612 e. The standard InChI is InChI=1S/C12H15Cl2NO/c13-10-3-2-9(6-11(10)14)15-7-12(8-16)4-1-5-12/h2-3,6,15-16H,1,4-5,7-8H2. The Balaban J connectivity index is 1.96. The maximum absolute atomic E-state index is 9.33. The fourth-order valence-electron chi connectivity index (χ4n) is 1.96. The van der Waals surface area contributed by atoms with Gasteiger partial charge in [0.1, 0.15) is 0 Å². The molecule has 0 bridgehead atoms. The SMILES string of the molecule is OCC1(CNc2ccc(Cl)c(Cl)c2)CCC1. The zero-order valence-electron chi connectivity index (χ0n) is 8.97. The van der Waals surface area contributed by atoms with Crippen LogP contribution in [0.25, 0.3) is 0 Å². The fourth-order valence-corrected chi connectivity index (χ4v) is 2.26. The van der Waals surface area contributed by atoms with Gasteiger partial charge in [0.2, 0.25) is 0 Å². The zero-order valence-corrected chi connectivity index (χ0v) is 10.5. The largest absolute Gasteiger partial charge is 0.396 e. The van der Waals surface area contributed by atoms with Gasteiger partial charge >= 0.3 is 0 Å². The molecule has 0 atom stereocenters. The highest BCUT2D eigenvalue weighted by molar-refractivity contribution is 6.42. The van der Waals surface area contributed by atoms with E-state index in [0.717, 1.165) is 25.1 Å². The van der Waals surface area contributed by atoms with Gasteiger partial charge in [0.05, 0.1) is 16.7 Å². The van der Waals surface area contributed by atoms with Gasteiger partial charge in [-0.3, -0.25) is 0 Å². The first kappa shape index (κ1) is 12.0. The molecule has 2 N–H and O–H groups in total. The van der Waals surface area contributed by atoms with Crippen LogP contribution in [-0.2, 0) is 0 Å². The predicted molar refractivity (Wildman–Crippen MR) is 68.3 cm³/mol. The van der Waals surface area contributed by atoms with Gasteiger partial charge in [-0.1, -0.05) is 29.6 Å². The molecule has 0 unspecified atom stereocenters. The number of hydrogen-bond acceptors (Lipinski definition) is 2. The van der Waals surface area contributed by atoms with Crippen molar-refractivity contribution in [3.63, 3.8) is 0 Å². The van der Waals surface area contributed by atoms with E-state index in [9.17, 15) is 5.11 Å². The monoisotopic (exact) mass is 259 g/mol. The topological polar surface area (TPSA) is 32.3 Å². The first-order chi connectivity index (χ1) is 7.65. The summed E-state index contributed by atoms with van der Waals surface area (Å²) in [4.78, 5) is 0. The lowest BCUT2D eigenvalue weighted by molar-refractivity contribution is 0.0576. The molecule has 0 heterocycles. The van der Waals surface area contributed by atoms with Crippen molar-refractivity contribution in [2.24, 2.45) is 5.41 Å². The van der Waals surface area contributed by atoms with Gasteiger partial charge < -0.3 is 10.4 Å². The highest BCUT2D eigenvalue weighted by atomic mass is 35.5. The van der Waals surface area contributed by atoms with Crippen molar-refractivity contribution < 1.29 is 5.11 Å². The molecule has 0 aromatic heterocycles. The van der Waals surface area contributed by atoms with Gasteiger partial charge in [-0.05, 0) is 31.0 Å². The molecule has 0 saturated heterocycles. The third-order valence-corrected chi connectivity index (χ3v) is 4.08. The third-order valence-electron chi connectivity index (χ3n) is 3.34. The molecule has 1 saturated carbocycles. The molecule has 0 amide bonds. The molecule has 2 rings (SSSR count). The minimum Gasteiger partial charge on any atom is -0.396 e. The molecule has 1 aromatic carbocycles. The number of rotatable bonds is 4. The summed E-state index contributed by atoms with van der Waals surface area (Å²) in [5.74, 6) is 0. The summed E-state index contributed by atoms with van der Waals surface area (Å²) < 4.78 is 0. The van der Waals surface area contributed by atoms with Crippen molar-refractivity contribution in [1.29, 1.82) is 0 Å². The van der Waals surface area contributed by atoms with E-state index in [1.807, 2.05) is 12.1 Å². The number of aliphatic hydroxyl groups is 1. The van der Waals surface area contributed by atoms with Gasteiger partial charge in [-0.15, -0.1) is 0 Å². The summed E-state index contributed by atoms with van der Waals surface area (Å²) in [6.45, 7) is 1.04. The van der Waals surface area contributed by atoms with Gasteiger partial charge in [0, 0.05) is 17.6 Å². The van der Waals surface area contributed by atoms with Crippen molar-refractivity contribution in [3.8, 4) is 0 Å². The average Bonchev–Trinajstić information content (AvgIpc) is 2.22. The number of hydrogen-bond donors (Lipinski definition) is 2. The minimum atomic E-state index is 0.0755. The van der Waals surface area contributed by atoms with Crippen molar-refractivity contribution in [2.45, 2.75) is 19.3 Å². The van der Waals surface area contributed by atoms with E-state index in [2.05, 4.69) is 5.32 Å². The Kier molecular flexibility index (Phi) is 3.63. The molecular weight excluding hydrogens is 245 g/mol. The summed E-state index contributed by atoms with van der Waals surface area (Å²) in [5.41, 5.74) is 1.03. The van der Waals surface area contributed by atoms with E-state index in [1.165, 1.54) is 6.42 Å². The van der Waals surface area contributed by atoms with Crippen LogP contribution in [0, 0.1) is 5.41 Å². The summed E-state index contributed by atoms with van der Waals surface area (Å²) in [6.07, 6.45) is 3.40. The Hall–Kier alpha value is -0.440. The van der Waals surface area contributed by atoms with Crippen LogP contribution in [0.1, 0.15) is 19.3 Å². The molecule has 4 heteroatoms. The first-order valence-corrected chi connectivity index (χ1v) is 6.21. The Morgan fingerprint density at radius 2 is 2.00 bits per heavy atom. The predicted octanol–water partition coefficient (Wildman–Crippen LogP) is 3.57. The second-order valence-electron chi connectivity index (χ2n) is 4.49. The second kappa shape index (κ2) is 4.82. The van der Waals surface area contributed by atoms with Gasteiger partial charge in [-0.25, -0.2) is 0 Å². The molecule has 1 aliphatic rings. The van der Waals surface area contributed by atoms with Crippen LogP contribution in [0.2, 0.25) is 10.0 Å². The summed E-state index contributed by atoms with van der Waals surface area (Å²) in [5, 5.41) is 13.7. The number of nitrogens with one attached hydrogen (secondary N) is 1. The van der Waals surface area contributed by atoms with Crippen LogP contribution in [0.15, 0.2) is 18.2 Å². The highest BCUT2D eigenvalue weighted by Crippen LogP contribution is 2.40. The maximum Gasteiger partial charge on any atom is 0.0612 e. The van der Waals surface area contributed by atoms with Crippen LogP contribution < -0.4 is 5.32 Å². The average molecular weight is 260 g/mol. The third kappa shape index (κ3) is 2.45. The number of benzene rings is 1. The molecule has 1 aliphatic carbocycles. The van der Waals surface area contributed by atoms with E-state index in [-0.39, 0.29) is 12.0 Å². The van der Waals surface area contributed by atoms with E-state index in [1.54, 1.807) is 6.07 Å². The lowest BCUT2D eigenvalue weighted by atomic mass is 9.69. The molecule has 16 heavy (non-hydrogen) atoms. The van der Waals surface area contributed by atoms with Crippen molar-refractivity contribution >= 4 is 28.9 Å². The molecule has 1 fully saturated rings. The molecule has 0 aliphatic heterocycles. The van der Waals surface area contributed by atoms with E-state index in [4.69, 9.17) is 23.2 Å². The minimum absolute atomic E-state index is 0.0755. The van der Waals surface area contributed by atoms with Gasteiger partial charge in [-0.2, -0.15) is 0 Å². The maximum atomic E-state index is 9.33. The fraction of sp³-hybridized carbons (Fsp3) is 0.500. The van der Waals surface area contributed by atoms with Crippen molar-refractivity contribution in [2.75, 3.05) is 18.5 Å². The summed E-state index contributed by atoms with van der Waals surface area (Å²) >= 11 is 11.8. The number of anilines is 1.